The van der Waals surface area contributed by atoms with Crippen LogP contribution in [0.1, 0.15) is 47.7 Å². The summed E-state index contributed by atoms with van der Waals surface area (Å²) in [6, 6.07) is 14.6. The predicted molar refractivity (Wildman–Crippen MR) is 112 cm³/mol. The minimum absolute atomic E-state index is 0.00490. The van der Waals surface area contributed by atoms with Crippen LogP contribution in [0.15, 0.2) is 48.5 Å². The third-order valence-corrected chi connectivity index (χ3v) is 6.94. The van der Waals surface area contributed by atoms with Crippen LogP contribution in [0.3, 0.4) is 0 Å². The van der Waals surface area contributed by atoms with Crippen molar-refractivity contribution in [3.63, 3.8) is 0 Å². The van der Waals surface area contributed by atoms with Gasteiger partial charge in [0, 0.05) is 12.1 Å². The van der Waals surface area contributed by atoms with Crippen LogP contribution in [0.4, 0.5) is 5.69 Å². The van der Waals surface area contributed by atoms with Crippen LogP contribution in [-0.2, 0) is 26.0 Å². The molecule has 0 saturated carbocycles. The number of anilines is 1. The van der Waals surface area contributed by atoms with Gasteiger partial charge in [-0.25, -0.2) is 8.42 Å². The standard InChI is InChI=1S/C22H25NO5S/c1-3-29(26,27)23-12-11-18-14-19(9-10-20(18)23)21(24)15-28-22(25)13-16(2)17-7-5-4-6-8-17/h4-10,14,16H,3,11-13,15H2,1-2H3/t16-/m1/s1. The first-order valence-electron chi connectivity index (χ1n) is 9.69. The van der Waals surface area contributed by atoms with E-state index in [2.05, 4.69) is 0 Å². The second-order valence-electron chi connectivity index (χ2n) is 7.17. The summed E-state index contributed by atoms with van der Waals surface area (Å²) < 4.78 is 30.9. The van der Waals surface area contributed by atoms with Crippen molar-refractivity contribution in [2.75, 3.05) is 23.2 Å². The smallest absolute Gasteiger partial charge is 0.306 e. The van der Waals surface area contributed by atoms with Crippen molar-refractivity contribution in [2.24, 2.45) is 0 Å². The van der Waals surface area contributed by atoms with Crippen LogP contribution < -0.4 is 4.31 Å². The minimum atomic E-state index is -3.32. The summed E-state index contributed by atoms with van der Waals surface area (Å²) in [5.41, 5.74) is 2.90. The van der Waals surface area contributed by atoms with Crippen molar-refractivity contribution in [1.82, 2.24) is 0 Å². The third-order valence-electron chi connectivity index (χ3n) is 5.16. The van der Waals surface area contributed by atoms with Crippen molar-refractivity contribution >= 4 is 27.5 Å². The lowest BCUT2D eigenvalue weighted by atomic mass is 9.98. The average molecular weight is 416 g/mol. The molecule has 154 valence electrons. The van der Waals surface area contributed by atoms with Crippen molar-refractivity contribution in [1.29, 1.82) is 0 Å². The number of benzene rings is 2. The zero-order valence-electron chi connectivity index (χ0n) is 16.6. The van der Waals surface area contributed by atoms with Crippen LogP contribution >= 0.6 is 0 Å². The molecule has 29 heavy (non-hydrogen) atoms. The van der Waals surface area contributed by atoms with Crippen LogP contribution in [0.2, 0.25) is 0 Å². The summed E-state index contributed by atoms with van der Waals surface area (Å²) in [5.74, 6) is -0.684. The average Bonchev–Trinajstić information content (AvgIpc) is 3.16. The largest absolute Gasteiger partial charge is 0.457 e. The number of sulfonamides is 1. The number of carbonyl (C=O) groups excluding carboxylic acids is 2. The molecule has 1 atom stereocenters. The Labute approximate surface area is 171 Å². The zero-order chi connectivity index (χ0) is 21.0. The molecular formula is C22H25NO5S. The molecule has 0 saturated heterocycles. The molecule has 0 bridgehead atoms. The normalized spacial score (nSPS) is 14.3. The Balaban J connectivity index is 1.58. The lowest BCUT2D eigenvalue weighted by molar-refractivity contribution is -0.142. The van der Waals surface area contributed by atoms with Gasteiger partial charge in [0.1, 0.15) is 0 Å². The summed E-state index contributed by atoms with van der Waals surface area (Å²) in [6.45, 7) is 3.61. The first-order valence-corrected chi connectivity index (χ1v) is 11.3. The monoisotopic (exact) mass is 415 g/mol. The summed E-state index contributed by atoms with van der Waals surface area (Å²) in [6.07, 6.45) is 0.759. The van der Waals surface area contributed by atoms with Gasteiger partial charge >= 0.3 is 5.97 Å². The highest BCUT2D eigenvalue weighted by atomic mass is 32.2. The lowest BCUT2D eigenvalue weighted by Gasteiger charge is -2.18. The van der Waals surface area contributed by atoms with Gasteiger partial charge < -0.3 is 4.74 Å². The summed E-state index contributed by atoms with van der Waals surface area (Å²) in [7, 11) is -3.32. The first kappa shape index (κ1) is 21.0. The maximum Gasteiger partial charge on any atom is 0.306 e. The molecule has 0 aliphatic carbocycles. The Morgan fingerprint density at radius 2 is 1.86 bits per heavy atom. The van der Waals surface area contributed by atoms with Crippen LogP contribution in [-0.4, -0.2) is 39.1 Å². The number of Topliss-reactive ketones (excluding diaryl/α,β-unsaturated/α-hetero) is 1. The molecule has 6 nitrogen and oxygen atoms in total. The number of hydrogen-bond donors (Lipinski definition) is 0. The fourth-order valence-corrected chi connectivity index (χ4v) is 4.59. The van der Waals surface area contributed by atoms with Gasteiger partial charge in [0.15, 0.2) is 12.4 Å². The molecule has 0 aromatic heterocycles. The molecule has 2 aromatic carbocycles. The third kappa shape index (κ3) is 4.85. The Hall–Kier alpha value is -2.67. The van der Waals surface area contributed by atoms with Gasteiger partial charge in [-0.15, -0.1) is 0 Å². The van der Waals surface area contributed by atoms with Crippen LogP contribution in [0.5, 0.6) is 0 Å². The lowest BCUT2D eigenvalue weighted by Crippen LogP contribution is -2.30. The number of ketones is 1. The molecule has 0 spiro atoms. The van der Waals surface area contributed by atoms with E-state index in [-0.39, 0.29) is 30.5 Å². The molecule has 0 N–H and O–H groups in total. The van der Waals surface area contributed by atoms with E-state index >= 15 is 0 Å². The van der Waals surface area contributed by atoms with E-state index in [4.69, 9.17) is 4.74 Å². The second-order valence-corrected chi connectivity index (χ2v) is 9.35. The summed E-state index contributed by atoms with van der Waals surface area (Å²) in [5, 5.41) is 0. The molecule has 0 unspecified atom stereocenters. The molecule has 0 fully saturated rings. The van der Waals surface area contributed by atoms with Gasteiger partial charge in [0.2, 0.25) is 10.0 Å². The van der Waals surface area contributed by atoms with E-state index < -0.39 is 16.0 Å². The summed E-state index contributed by atoms with van der Waals surface area (Å²) in [4.78, 5) is 24.5. The molecular weight excluding hydrogens is 390 g/mol. The van der Waals surface area contributed by atoms with Gasteiger partial charge in [0.25, 0.3) is 0 Å². The van der Waals surface area contributed by atoms with E-state index in [0.717, 1.165) is 11.1 Å². The molecule has 3 rings (SSSR count). The Bertz CT molecular complexity index is 1000. The van der Waals surface area contributed by atoms with Gasteiger partial charge in [-0.3, -0.25) is 13.9 Å². The number of fused-ring (bicyclic) bond motifs is 1. The molecule has 1 aliphatic rings. The van der Waals surface area contributed by atoms with Crippen LogP contribution in [0.25, 0.3) is 0 Å². The number of rotatable bonds is 8. The first-order chi connectivity index (χ1) is 13.8. The van der Waals surface area contributed by atoms with Crippen molar-refractivity contribution in [3.05, 3.63) is 65.2 Å². The highest BCUT2D eigenvalue weighted by Gasteiger charge is 2.28. The number of ether oxygens (including phenoxy) is 1. The molecule has 2 aromatic rings. The molecule has 7 heteroatoms. The highest BCUT2D eigenvalue weighted by molar-refractivity contribution is 7.92. The maximum absolute atomic E-state index is 12.4. The van der Waals surface area contributed by atoms with E-state index in [9.17, 15) is 18.0 Å². The maximum atomic E-state index is 12.4. The molecule has 1 aliphatic heterocycles. The fraction of sp³-hybridized carbons (Fsp3) is 0.364. The van der Waals surface area contributed by atoms with Gasteiger partial charge in [-0.1, -0.05) is 37.3 Å². The Morgan fingerprint density at radius 3 is 2.55 bits per heavy atom. The van der Waals surface area contributed by atoms with Crippen LogP contribution in [0, 0.1) is 0 Å². The van der Waals surface area contributed by atoms with Gasteiger partial charge in [0.05, 0.1) is 17.9 Å². The highest BCUT2D eigenvalue weighted by Crippen LogP contribution is 2.31. The molecule has 0 radical (unpaired) electrons. The predicted octanol–water partition coefficient (Wildman–Crippen LogP) is 3.32. The fourth-order valence-electron chi connectivity index (χ4n) is 3.43. The Morgan fingerprint density at radius 1 is 1.14 bits per heavy atom. The van der Waals surface area contributed by atoms with Crippen molar-refractivity contribution < 1.29 is 22.7 Å². The van der Waals surface area contributed by atoms with Crippen molar-refractivity contribution in [3.8, 4) is 0 Å². The van der Waals surface area contributed by atoms with Gasteiger partial charge in [-0.05, 0) is 48.6 Å². The quantitative estimate of drug-likeness (QED) is 0.488. The number of esters is 1. The Kier molecular flexibility index (Phi) is 6.37. The second kappa shape index (κ2) is 8.78. The molecule has 0 amide bonds. The van der Waals surface area contributed by atoms with E-state index in [0.29, 0.717) is 24.2 Å². The summed E-state index contributed by atoms with van der Waals surface area (Å²) >= 11 is 0. The van der Waals surface area contributed by atoms with Gasteiger partial charge in [-0.2, -0.15) is 0 Å². The number of hydrogen-bond acceptors (Lipinski definition) is 5. The number of carbonyl (C=O) groups is 2. The number of nitrogens with zero attached hydrogens (tertiary/aromatic N) is 1. The topological polar surface area (TPSA) is 80.8 Å². The molecule has 1 heterocycles. The van der Waals surface area contributed by atoms with E-state index in [1.807, 2.05) is 37.3 Å². The van der Waals surface area contributed by atoms with Crippen molar-refractivity contribution in [2.45, 2.75) is 32.6 Å². The van der Waals surface area contributed by atoms with E-state index in [1.165, 1.54) is 4.31 Å². The minimum Gasteiger partial charge on any atom is -0.457 e. The van der Waals surface area contributed by atoms with E-state index in [1.54, 1.807) is 25.1 Å². The zero-order valence-corrected chi connectivity index (χ0v) is 17.4. The SMILES string of the molecule is CCS(=O)(=O)N1CCc2cc(C(=O)COC(=O)C[C@@H](C)c3ccccc3)ccc21.